The van der Waals surface area contributed by atoms with Crippen LogP contribution in [0.25, 0.3) is 0 Å². The molecule has 1 saturated heterocycles. The van der Waals surface area contributed by atoms with Crippen molar-refractivity contribution in [1.82, 2.24) is 14.9 Å². The van der Waals surface area contributed by atoms with E-state index in [0.29, 0.717) is 0 Å². The van der Waals surface area contributed by atoms with Crippen molar-refractivity contribution in [3.8, 4) is 0 Å². The van der Waals surface area contributed by atoms with Crippen LogP contribution >= 0.6 is 0 Å². The first-order valence-electron chi connectivity index (χ1n) is 7.10. The molecule has 0 spiro atoms. The molecule has 2 aromatic rings. The first-order chi connectivity index (χ1) is 9.81. The molecule has 104 valence electrons. The average Bonchev–Trinajstić information content (AvgIpc) is 2.49. The Hall–Kier alpha value is -1.94. The highest BCUT2D eigenvalue weighted by Gasteiger charge is 2.17. The molecule has 0 saturated carbocycles. The second-order valence-electron chi connectivity index (χ2n) is 5.32. The monoisotopic (exact) mass is 268 g/mol. The molecule has 1 aromatic carbocycles. The molecule has 0 N–H and O–H groups in total. The minimum Gasteiger partial charge on any atom is -0.353 e. The molecule has 1 fully saturated rings. The predicted octanol–water partition coefficient (Wildman–Crippen LogP) is 2.11. The second kappa shape index (κ2) is 6.01. The van der Waals surface area contributed by atoms with Crippen LogP contribution in [0.15, 0.2) is 42.9 Å². The largest absolute Gasteiger partial charge is 0.353 e. The van der Waals surface area contributed by atoms with Gasteiger partial charge in [0.15, 0.2) is 0 Å². The molecule has 0 aliphatic carbocycles. The molecule has 1 aliphatic rings. The summed E-state index contributed by atoms with van der Waals surface area (Å²) in [7, 11) is 0. The lowest BCUT2D eigenvalue weighted by molar-refractivity contribution is 0.249. The summed E-state index contributed by atoms with van der Waals surface area (Å²) in [4.78, 5) is 13.3. The van der Waals surface area contributed by atoms with Crippen LogP contribution in [0.2, 0.25) is 0 Å². The minimum absolute atomic E-state index is 0.989. The zero-order valence-electron chi connectivity index (χ0n) is 11.9. The third-order valence-electron chi connectivity index (χ3n) is 3.73. The Labute approximate surface area is 120 Å². The van der Waals surface area contributed by atoms with Crippen molar-refractivity contribution in [3.63, 3.8) is 0 Å². The van der Waals surface area contributed by atoms with Gasteiger partial charge in [-0.3, -0.25) is 9.88 Å². The predicted molar refractivity (Wildman–Crippen MR) is 80.7 cm³/mol. The van der Waals surface area contributed by atoms with Crippen LogP contribution in [0, 0.1) is 6.92 Å². The fourth-order valence-corrected chi connectivity index (χ4v) is 2.66. The van der Waals surface area contributed by atoms with E-state index in [1.54, 1.807) is 12.4 Å². The van der Waals surface area contributed by atoms with Gasteiger partial charge in [0.1, 0.15) is 5.82 Å². The molecule has 1 aromatic heterocycles. The molecule has 0 unspecified atom stereocenters. The van der Waals surface area contributed by atoms with Crippen LogP contribution in [0.3, 0.4) is 0 Å². The second-order valence-corrected chi connectivity index (χ2v) is 5.32. The van der Waals surface area contributed by atoms with Crippen LogP contribution < -0.4 is 4.90 Å². The van der Waals surface area contributed by atoms with Gasteiger partial charge in [0, 0.05) is 45.1 Å². The molecule has 0 bridgehead atoms. The Morgan fingerprint density at radius 1 is 1.10 bits per heavy atom. The molecule has 4 nitrogen and oxygen atoms in total. The molecule has 20 heavy (non-hydrogen) atoms. The maximum Gasteiger partial charge on any atom is 0.147 e. The molecular formula is C16H20N4. The van der Waals surface area contributed by atoms with E-state index in [1.807, 2.05) is 6.20 Å². The van der Waals surface area contributed by atoms with E-state index < -0.39 is 0 Å². The van der Waals surface area contributed by atoms with Crippen molar-refractivity contribution in [2.45, 2.75) is 13.5 Å². The van der Waals surface area contributed by atoms with Gasteiger partial charge in [-0.25, -0.2) is 4.98 Å². The summed E-state index contributed by atoms with van der Waals surface area (Å²) in [6.07, 6.45) is 5.32. The van der Waals surface area contributed by atoms with E-state index >= 15 is 0 Å². The summed E-state index contributed by atoms with van der Waals surface area (Å²) in [5.74, 6) is 0.989. The van der Waals surface area contributed by atoms with Crippen LogP contribution in [-0.4, -0.2) is 41.0 Å². The number of anilines is 1. The van der Waals surface area contributed by atoms with Gasteiger partial charge in [0.05, 0.1) is 6.20 Å². The van der Waals surface area contributed by atoms with Gasteiger partial charge in [-0.2, -0.15) is 0 Å². The van der Waals surface area contributed by atoms with Crippen molar-refractivity contribution in [1.29, 1.82) is 0 Å². The third kappa shape index (κ3) is 3.14. The summed E-state index contributed by atoms with van der Waals surface area (Å²) in [6, 6.07) is 8.77. The number of hydrogen-bond donors (Lipinski definition) is 0. The summed E-state index contributed by atoms with van der Waals surface area (Å²) < 4.78 is 0. The smallest absolute Gasteiger partial charge is 0.147 e. The Morgan fingerprint density at radius 3 is 2.65 bits per heavy atom. The Balaban J connectivity index is 1.56. The van der Waals surface area contributed by atoms with Crippen LogP contribution in [0.1, 0.15) is 11.1 Å². The standard InChI is InChI=1S/C16H20N4/c1-14-3-2-4-15(11-14)13-19-7-9-20(10-8-19)16-12-17-5-6-18-16/h2-6,11-12H,7-10,13H2,1H3. The summed E-state index contributed by atoms with van der Waals surface area (Å²) in [5, 5.41) is 0. The zero-order chi connectivity index (χ0) is 13.8. The Morgan fingerprint density at radius 2 is 1.95 bits per heavy atom. The van der Waals surface area contributed by atoms with Gasteiger partial charge in [-0.05, 0) is 12.5 Å². The van der Waals surface area contributed by atoms with E-state index in [0.717, 1.165) is 38.5 Å². The van der Waals surface area contributed by atoms with Crippen molar-refractivity contribution in [2.75, 3.05) is 31.1 Å². The fourth-order valence-electron chi connectivity index (χ4n) is 2.66. The SMILES string of the molecule is Cc1cccc(CN2CCN(c3cnccn3)CC2)c1. The maximum absolute atomic E-state index is 4.37. The normalized spacial score (nSPS) is 16.4. The van der Waals surface area contributed by atoms with Gasteiger partial charge < -0.3 is 4.90 Å². The van der Waals surface area contributed by atoms with E-state index in [9.17, 15) is 0 Å². The number of benzene rings is 1. The van der Waals surface area contributed by atoms with Crippen LogP contribution in [-0.2, 0) is 6.54 Å². The summed E-state index contributed by atoms with van der Waals surface area (Å²) in [6.45, 7) is 7.37. The van der Waals surface area contributed by atoms with Crippen molar-refractivity contribution in [2.24, 2.45) is 0 Å². The third-order valence-corrected chi connectivity index (χ3v) is 3.73. The minimum atomic E-state index is 0.989. The summed E-state index contributed by atoms with van der Waals surface area (Å²) >= 11 is 0. The first kappa shape index (κ1) is 13.1. The van der Waals surface area contributed by atoms with E-state index in [-0.39, 0.29) is 0 Å². The zero-order valence-corrected chi connectivity index (χ0v) is 11.9. The van der Waals surface area contributed by atoms with Crippen LogP contribution in [0.4, 0.5) is 5.82 Å². The Kier molecular flexibility index (Phi) is 3.92. The maximum atomic E-state index is 4.37. The number of rotatable bonds is 3. The molecule has 3 rings (SSSR count). The average molecular weight is 268 g/mol. The fraction of sp³-hybridized carbons (Fsp3) is 0.375. The van der Waals surface area contributed by atoms with Crippen molar-refractivity contribution >= 4 is 5.82 Å². The van der Waals surface area contributed by atoms with Gasteiger partial charge in [0.2, 0.25) is 0 Å². The van der Waals surface area contributed by atoms with E-state index in [4.69, 9.17) is 0 Å². The molecule has 0 atom stereocenters. The number of nitrogens with zero attached hydrogens (tertiary/aromatic N) is 4. The number of piperazine rings is 1. The number of aromatic nitrogens is 2. The van der Waals surface area contributed by atoms with Crippen LogP contribution in [0.5, 0.6) is 0 Å². The lowest BCUT2D eigenvalue weighted by atomic mass is 10.1. The van der Waals surface area contributed by atoms with Gasteiger partial charge >= 0.3 is 0 Å². The molecular weight excluding hydrogens is 248 g/mol. The lowest BCUT2D eigenvalue weighted by Gasteiger charge is -2.35. The number of aryl methyl sites for hydroxylation is 1. The molecule has 1 aliphatic heterocycles. The van der Waals surface area contributed by atoms with Crippen molar-refractivity contribution in [3.05, 3.63) is 54.0 Å². The van der Waals surface area contributed by atoms with Gasteiger partial charge in [-0.15, -0.1) is 0 Å². The van der Waals surface area contributed by atoms with E-state index in [2.05, 4.69) is 51.0 Å². The topological polar surface area (TPSA) is 32.3 Å². The lowest BCUT2D eigenvalue weighted by Crippen LogP contribution is -2.46. The highest BCUT2D eigenvalue weighted by atomic mass is 15.3. The summed E-state index contributed by atoms with van der Waals surface area (Å²) in [5.41, 5.74) is 2.73. The molecule has 4 heteroatoms. The molecule has 0 radical (unpaired) electrons. The first-order valence-corrected chi connectivity index (χ1v) is 7.10. The van der Waals surface area contributed by atoms with Gasteiger partial charge in [-0.1, -0.05) is 29.8 Å². The molecule has 2 heterocycles. The van der Waals surface area contributed by atoms with Gasteiger partial charge in [0.25, 0.3) is 0 Å². The molecule has 0 amide bonds. The highest BCUT2D eigenvalue weighted by molar-refractivity contribution is 5.35. The number of hydrogen-bond acceptors (Lipinski definition) is 4. The Bertz CT molecular complexity index is 547. The quantitative estimate of drug-likeness (QED) is 0.853. The van der Waals surface area contributed by atoms with E-state index in [1.165, 1.54) is 11.1 Å². The van der Waals surface area contributed by atoms with Crippen molar-refractivity contribution < 1.29 is 0 Å². The highest BCUT2D eigenvalue weighted by Crippen LogP contribution is 2.14.